The summed E-state index contributed by atoms with van der Waals surface area (Å²) in [5.41, 5.74) is 10.8. The quantitative estimate of drug-likeness (QED) is 0.170. The number of hydrogen-bond donors (Lipinski definition) is 0. The Morgan fingerprint density at radius 1 is 0.391 bits per heavy atom. The van der Waals surface area contributed by atoms with Gasteiger partial charge in [-0.05, 0) is 77.8 Å². The summed E-state index contributed by atoms with van der Waals surface area (Å²) in [5, 5.41) is 8.15. The second kappa shape index (κ2) is 13.6. The monoisotopic (exact) mass is 836 g/mol. The molecule has 0 fully saturated rings. The van der Waals surface area contributed by atoms with Gasteiger partial charge in [0.05, 0.1) is 55.7 Å². The summed E-state index contributed by atoms with van der Waals surface area (Å²) < 4.78 is 45.5. The molecule has 0 aliphatic carbocycles. The van der Waals surface area contributed by atoms with E-state index < -0.39 is 0 Å². The normalized spacial score (nSPS) is 12.9. The van der Waals surface area contributed by atoms with Crippen molar-refractivity contribution in [2.45, 2.75) is 0 Å². The van der Waals surface area contributed by atoms with Crippen LogP contribution in [0.15, 0.2) is 218 Å². The molecule has 0 bridgehead atoms. The van der Waals surface area contributed by atoms with E-state index in [9.17, 15) is 2.74 Å². The molecular formula is C59H36N4S. The lowest BCUT2D eigenvalue weighted by Gasteiger charge is -2.20. The number of para-hydroxylation sites is 6. The number of aromatic nitrogens is 4. The van der Waals surface area contributed by atoms with Crippen LogP contribution in [-0.4, -0.2) is 18.7 Å². The first-order chi connectivity index (χ1) is 33.4. The van der Waals surface area contributed by atoms with Crippen LogP contribution in [0, 0.1) is 0 Å². The van der Waals surface area contributed by atoms with Crippen molar-refractivity contribution in [2.75, 3.05) is 0 Å². The summed E-state index contributed by atoms with van der Waals surface area (Å²) in [6.07, 6.45) is 0. The fourth-order valence-electron chi connectivity index (χ4n) is 10.3. The van der Waals surface area contributed by atoms with E-state index in [2.05, 4.69) is 179 Å². The van der Waals surface area contributed by atoms with Gasteiger partial charge in [-0.15, -0.1) is 11.3 Å². The molecule has 9 aromatic carbocycles. The molecule has 64 heavy (non-hydrogen) atoms. The maximum absolute atomic E-state index is 9.47. The molecule has 5 heteroatoms. The average Bonchev–Trinajstić information content (AvgIpc) is 4.13. The Balaban J connectivity index is 1.17. The Morgan fingerprint density at radius 2 is 0.922 bits per heavy atom. The molecule has 0 saturated carbocycles. The third-order valence-electron chi connectivity index (χ3n) is 13.0. The zero-order chi connectivity index (χ0) is 45.4. The molecular weight excluding hydrogens is 797 g/mol. The van der Waals surface area contributed by atoms with E-state index in [-0.39, 0.29) is 24.2 Å². The molecule has 0 saturated heterocycles. The van der Waals surface area contributed by atoms with Gasteiger partial charge >= 0.3 is 0 Å². The highest BCUT2D eigenvalue weighted by Gasteiger charge is 2.24. The number of fused-ring (bicyclic) bond motifs is 12. The van der Waals surface area contributed by atoms with Crippen LogP contribution in [0.2, 0.25) is 0 Å². The molecule has 298 valence electrons. The second-order valence-electron chi connectivity index (χ2n) is 16.4. The van der Waals surface area contributed by atoms with Crippen LogP contribution >= 0.6 is 11.3 Å². The lowest BCUT2D eigenvalue weighted by Crippen LogP contribution is -2.05. The predicted octanol–water partition coefficient (Wildman–Crippen LogP) is 16.1. The molecule has 14 aromatic rings. The minimum Gasteiger partial charge on any atom is -0.309 e. The molecule has 0 N–H and O–H groups in total. The fraction of sp³-hybridized carbons (Fsp3) is 0. The van der Waals surface area contributed by atoms with E-state index in [0.717, 1.165) is 82.6 Å². The highest BCUT2D eigenvalue weighted by atomic mass is 32.1. The Bertz CT molecular complexity index is 4350. The Labute approximate surface area is 377 Å². The van der Waals surface area contributed by atoms with Crippen molar-refractivity contribution in [3.63, 3.8) is 0 Å². The molecule has 14 rings (SSSR count). The number of benzene rings is 9. The number of pyridine rings is 1. The van der Waals surface area contributed by atoms with Crippen LogP contribution in [0.5, 0.6) is 0 Å². The van der Waals surface area contributed by atoms with Crippen LogP contribution < -0.4 is 0 Å². The van der Waals surface area contributed by atoms with E-state index in [1.165, 1.54) is 20.2 Å². The summed E-state index contributed by atoms with van der Waals surface area (Å²) in [4.78, 5) is 5.74. The molecule has 0 radical (unpaired) electrons. The molecule has 0 aliphatic rings. The largest absolute Gasteiger partial charge is 0.309 e. The highest BCUT2D eigenvalue weighted by molar-refractivity contribution is 7.25. The predicted molar refractivity (Wildman–Crippen MR) is 271 cm³/mol. The summed E-state index contributed by atoms with van der Waals surface area (Å²) in [6.45, 7) is 0. The van der Waals surface area contributed by atoms with Gasteiger partial charge in [0.2, 0.25) is 0 Å². The molecule has 0 amide bonds. The van der Waals surface area contributed by atoms with Gasteiger partial charge < -0.3 is 9.13 Å². The number of hydrogen-bond acceptors (Lipinski definition) is 2. The van der Waals surface area contributed by atoms with Gasteiger partial charge in [0.25, 0.3) is 0 Å². The van der Waals surface area contributed by atoms with Gasteiger partial charge in [-0.2, -0.15) is 0 Å². The molecule has 0 unspecified atom stereocenters. The van der Waals surface area contributed by atoms with Crippen molar-refractivity contribution >= 4 is 96.9 Å². The van der Waals surface area contributed by atoms with E-state index in [1.807, 2.05) is 28.8 Å². The minimum atomic E-state index is -0.291. The van der Waals surface area contributed by atoms with E-state index in [1.54, 1.807) is 11.3 Å². The first-order valence-corrected chi connectivity index (χ1v) is 22.3. The fourth-order valence-corrected chi connectivity index (χ4v) is 11.4. The Morgan fingerprint density at radius 3 is 1.58 bits per heavy atom. The molecule has 5 heterocycles. The van der Waals surface area contributed by atoms with Crippen molar-refractivity contribution in [1.29, 1.82) is 0 Å². The average molecular weight is 837 g/mol. The van der Waals surface area contributed by atoms with Gasteiger partial charge in [-0.25, -0.2) is 4.98 Å². The summed E-state index contributed by atoms with van der Waals surface area (Å²) >= 11 is 1.80. The summed E-state index contributed by atoms with van der Waals surface area (Å²) in [7, 11) is 0. The van der Waals surface area contributed by atoms with Crippen LogP contribution in [-0.2, 0) is 0 Å². The van der Waals surface area contributed by atoms with Gasteiger partial charge in [0.15, 0.2) is 0 Å². The van der Waals surface area contributed by atoms with Crippen molar-refractivity contribution in [2.24, 2.45) is 0 Å². The highest BCUT2D eigenvalue weighted by Crippen LogP contribution is 2.45. The number of rotatable bonds is 5. The van der Waals surface area contributed by atoms with Crippen molar-refractivity contribution < 1.29 is 5.48 Å². The Hall–Kier alpha value is -8.25. The van der Waals surface area contributed by atoms with Gasteiger partial charge in [-0.3, -0.25) is 4.57 Å². The van der Waals surface area contributed by atoms with Gasteiger partial charge in [-0.1, -0.05) is 146 Å². The zero-order valence-electron chi connectivity index (χ0n) is 38.2. The Kier molecular flexibility index (Phi) is 6.72. The van der Waals surface area contributed by atoms with E-state index >= 15 is 0 Å². The van der Waals surface area contributed by atoms with Crippen molar-refractivity contribution in [1.82, 2.24) is 18.7 Å². The van der Waals surface area contributed by atoms with Crippen LogP contribution in [0.1, 0.15) is 5.48 Å². The SMILES string of the molecule is [2H]c1c([2H])c([2H])c2c(c1[2H])c1ccccc1n2-c1cc(-n2c3ccccc3c3ccccc32)cc(-c2c(-c3ccc4sc5ccccc5c4c3)cccc2-n2c3ccccc3c3ccccc32)n1. The third kappa shape index (κ3) is 5.07. The minimum absolute atomic E-state index is 0.0786. The maximum atomic E-state index is 9.47. The standard InChI is InChI=1S/C59H36N4S/c1-8-24-49-40(16-1)41-17-2-9-25-50(41)61(49)38-35-48(60-58(36-38)63-53-28-12-5-20-44(53)45-21-6-13-29-54(45)63)59-39(37-32-33-57-47(34-37)46-22-7-14-31-56(46)64-57)23-15-30-55(59)62-51-26-10-3-18-42(51)43-19-4-11-27-52(43)62/h1-36H/i5D,12D,20D,28D. The molecule has 0 spiro atoms. The summed E-state index contributed by atoms with van der Waals surface area (Å²) in [6, 6.07) is 67.3. The smallest absolute Gasteiger partial charge is 0.140 e. The van der Waals surface area contributed by atoms with Gasteiger partial charge in [0.1, 0.15) is 5.82 Å². The van der Waals surface area contributed by atoms with Crippen LogP contribution in [0.25, 0.3) is 125 Å². The topological polar surface area (TPSA) is 27.7 Å². The number of thiophene rings is 1. The third-order valence-corrected chi connectivity index (χ3v) is 14.1. The lowest BCUT2D eigenvalue weighted by atomic mass is 9.94. The van der Waals surface area contributed by atoms with Crippen molar-refractivity contribution in [3.8, 4) is 39.6 Å². The van der Waals surface area contributed by atoms with Gasteiger partial charge in [0, 0.05) is 64.1 Å². The summed E-state index contributed by atoms with van der Waals surface area (Å²) in [5.74, 6) is 0.526. The molecule has 4 nitrogen and oxygen atoms in total. The van der Waals surface area contributed by atoms with Crippen LogP contribution in [0.4, 0.5) is 0 Å². The lowest BCUT2D eigenvalue weighted by molar-refractivity contribution is 1.06. The van der Waals surface area contributed by atoms with Crippen LogP contribution in [0.3, 0.4) is 0 Å². The van der Waals surface area contributed by atoms with E-state index in [4.69, 9.17) is 7.73 Å². The second-order valence-corrected chi connectivity index (χ2v) is 17.5. The first kappa shape index (κ1) is 31.6. The first-order valence-electron chi connectivity index (χ1n) is 23.5. The number of nitrogens with zero attached hydrogens (tertiary/aromatic N) is 4. The molecule has 0 atom stereocenters. The van der Waals surface area contributed by atoms with E-state index in [0.29, 0.717) is 22.4 Å². The van der Waals surface area contributed by atoms with Crippen molar-refractivity contribution in [3.05, 3.63) is 218 Å². The molecule has 5 aromatic heterocycles. The zero-order valence-corrected chi connectivity index (χ0v) is 35.0. The molecule has 0 aliphatic heterocycles. The maximum Gasteiger partial charge on any atom is 0.140 e.